The van der Waals surface area contributed by atoms with Crippen LogP contribution in [0.3, 0.4) is 0 Å². The number of carbonyl (C=O) groups is 1. The van der Waals surface area contributed by atoms with Gasteiger partial charge < -0.3 is 20.2 Å². The minimum Gasteiger partial charge on any atom is -0.476 e. The van der Waals surface area contributed by atoms with E-state index in [0.717, 1.165) is 11.1 Å². The summed E-state index contributed by atoms with van der Waals surface area (Å²) < 4.78 is 5.26. The Morgan fingerprint density at radius 2 is 1.77 bits per heavy atom. The predicted molar refractivity (Wildman–Crippen MR) is 96.9 cm³/mol. The van der Waals surface area contributed by atoms with Crippen molar-refractivity contribution in [3.05, 3.63) is 83.0 Å². The molecule has 2 aromatic carbocycles. The van der Waals surface area contributed by atoms with Crippen LogP contribution < -0.4 is 10.1 Å². The monoisotopic (exact) mass is 349 g/mol. The molecule has 1 aromatic heterocycles. The summed E-state index contributed by atoms with van der Waals surface area (Å²) in [6.45, 7) is -0.365. The molecule has 3 aromatic rings. The molecule has 0 fully saturated rings. The van der Waals surface area contributed by atoms with Crippen molar-refractivity contribution >= 4 is 17.4 Å². The van der Waals surface area contributed by atoms with Gasteiger partial charge >= 0.3 is 5.82 Å². The van der Waals surface area contributed by atoms with Crippen LogP contribution in [0, 0.1) is 10.1 Å². The molecule has 0 unspecified atom stereocenters. The van der Waals surface area contributed by atoms with Crippen LogP contribution in [0.2, 0.25) is 0 Å². The van der Waals surface area contributed by atoms with E-state index >= 15 is 0 Å². The summed E-state index contributed by atoms with van der Waals surface area (Å²) in [4.78, 5) is 26.1. The average molecular weight is 349 g/mol. The van der Waals surface area contributed by atoms with Crippen molar-refractivity contribution in [3.63, 3.8) is 0 Å². The van der Waals surface area contributed by atoms with E-state index in [1.54, 1.807) is 6.07 Å². The molecule has 1 N–H and O–H groups in total. The Morgan fingerprint density at radius 3 is 2.54 bits per heavy atom. The van der Waals surface area contributed by atoms with Gasteiger partial charge in [0.2, 0.25) is 5.75 Å². The lowest BCUT2D eigenvalue weighted by molar-refractivity contribution is -0.390. The van der Waals surface area contributed by atoms with Crippen molar-refractivity contribution in [1.82, 2.24) is 4.98 Å². The third-order valence-corrected chi connectivity index (χ3v) is 3.57. The van der Waals surface area contributed by atoms with Crippen molar-refractivity contribution in [2.24, 2.45) is 0 Å². The largest absolute Gasteiger partial charge is 0.476 e. The quantitative estimate of drug-likeness (QED) is 0.541. The van der Waals surface area contributed by atoms with Crippen LogP contribution in [0.1, 0.15) is 0 Å². The maximum Gasteiger partial charge on any atom is 0.406 e. The molecule has 0 aliphatic carbocycles. The molecule has 130 valence electrons. The van der Waals surface area contributed by atoms with Crippen molar-refractivity contribution < 1.29 is 14.5 Å². The second-order valence-corrected chi connectivity index (χ2v) is 5.33. The van der Waals surface area contributed by atoms with Gasteiger partial charge in [0.05, 0.1) is 0 Å². The Bertz CT molecular complexity index is 929. The number of ether oxygens (including phenoxy) is 1. The molecule has 3 rings (SSSR count). The number of rotatable bonds is 6. The van der Waals surface area contributed by atoms with Gasteiger partial charge in [0, 0.05) is 11.3 Å². The number of pyridine rings is 1. The number of nitro groups is 1. The first kappa shape index (κ1) is 17.1. The van der Waals surface area contributed by atoms with E-state index in [-0.39, 0.29) is 12.4 Å². The van der Waals surface area contributed by atoms with Gasteiger partial charge in [-0.3, -0.25) is 4.79 Å². The highest BCUT2D eigenvalue weighted by molar-refractivity contribution is 5.96. The van der Waals surface area contributed by atoms with Crippen molar-refractivity contribution in [1.29, 1.82) is 0 Å². The predicted octanol–water partition coefficient (Wildman–Crippen LogP) is 3.67. The minimum atomic E-state index is -0.655. The Kier molecular flexibility index (Phi) is 5.19. The van der Waals surface area contributed by atoms with Crippen LogP contribution in [0.4, 0.5) is 11.5 Å². The molecule has 0 aliphatic rings. The smallest absolute Gasteiger partial charge is 0.406 e. The molecule has 1 amide bonds. The topological polar surface area (TPSA) is 94.4 Å². The number of carbonyl (C=O) groups excluding carboxylic acids is 1. The lowest BCUT2D eigenvalue weighted by atomic mass is 10.0. The molecule has 0 atom stereocenters. The first-order valence-corrected chi connectivity index (χ1v) is 7.81. The number of anilines is 1. The van der Waals surface area contributed by atoms with Gasteiger partial charge in [-0.05, 0) is 33.7 Å². The molecule has 0 saturated carbocycles. The number of nitrogens with zero attached hydrogens (tertiary/aromatic N) is 2. The summed E-state index contributed by atoms with van der Waals surface area (Å²) in [5, 5.41) is 13.7. The number of hydrogen-bond donors (Lipinski definition) is 1. The van der Waals surface area contributed by atoms with Crippen molar-refractivity contribution in [2.75, 3.05) is 11.9 Å². The number of aromatic nitrogens is 1. The van der Waals surface area contributed by atoms with Gasteiger partial charge in [0.15, 0.2) is 6.61 Å². The van der Waals surface area contributed by atoms with E-state index in [0.29, 0.717) is 5.69 Å². The van der Waals surface area contributed by atoms with Crippen molar-refractivity contribution in [2.45, 2.75) is 0 Å². The average Bonchev–Trinajstić information content (AvgIpc) is 2.67. The molecule has 0 saturated heterocycles. The molecular weight excluding hydrogens is 334 g/mol. The Balaban J connectivity index is 1.71. The van der Waals surface area contributed by atoms with Gasteiger partial charge in [0.25, 0.3) is 5.91 Å². The molecule has 7 heteroatoms. The summed E-state index contributed by atoms with van der Waals surface area (Å²) in [6, 6.07) is 19.9. The fourth-order valence-corrected chi connectivity index (χ4v) is 2.42. The fourth-order valence-electron chi connectivity index (χ4n) is 2.42. The van der Waals surface area contributed by atoms with E-state index in [1.165, 1.54) is 18.3 Å². The molecule has 26 heavy (non-hydrogen) atoms. The van der Waals surface area contributed by atoms with Crippen molar-refractivity contribution in [3.8, 4) is 16.9 Å². The van der Waals surface area contributed by atoms with E-state index in [4.69, 9.17) is 4.74 Å². The maximum absolute atomic E-state index is 12.2. The second kappa shape index (κ2) is 7.89. The summed E-state index contributed by atoms with van der Waals surface area (Å²) >= 11 is 0. The SMILES string of the molecule is O=C(COc1cccnc1[N+](=O)[O-])Nc1ccccc1-c1ccccc1. The second-order valence-electron chi connectivity index (χ2n) is 5.33. The molecule has 0 aliphatic heterocycles. The molecule has 0 bridgehead atoms. The van der Waals surface area contributed by atoms with Gasteiger partial charge in [-0.15, -0.1) is 0 Å². The molecular formula is C19H15N3O4. The maximum atomic E-state index is 12.2. The summed E-state index contributed by atoms with van der Waals surface area (Å²) in [7, 11) is 0. The third-order valence-electron chi connectivity index (χ3n) is 3.57. The van der Waals surface area contributed by atoms with Gasteiger partial charge in [0.1, 0.15) is 6.20 Å². The first-order chi connectivity index (χ1) is 12.6. The molecule has 0 radical (unpaired) electrons. The molecule has 0 spiro atoms. The number of amides is 1. The lowest BCUT2D eigenvalue weighted by Gasteiger charge is -2.12. The van der Waals surface area contributed by atoms with Gasteiger partial charge in [-0.25, -0.2) is 0 Å². The summed E-state index contributed by atoms with van der Waals surface area (Å²) in [5.74, 6) is -0.902. The number of para-hydroxylation sites is 1. The highest BCUT2D eigenvalue weighted by atomic mass is 16.6. The van der Waals surface area contributed by atoms with E-state index in [1.807, 2.05) is 48.5 Å². The number of benzene rings is 2. The zero-order valence-electron chi connectivity index (χ0n) is 13.7. The highest BCUT2D eigenvalue weighted by Crippen LogP contribution is 2.27. The van der Waals surface area contributed by atoms with E-state index in [9.17, 15) is 14.9 Å². The lowest BCUT2D eigenvalue weighted by Crippen LogP contribution is -2.21. The number of hydrogen-bond acceptors (Lipinski definition) is 5. The van der Waals surface area contributed by atoms with Crippen LogP contribution in [-0.2, 0) is 4.79 Å². The normalized spacial score (nSPS) is 10.2. The highest BCUT2D eigenvalue weighted by Gasteiger charge is 2.17. The Labute approximate surface area is 149 Å². The summed E-state index contributed by atoms with van der Waals surface area (Å²) in [6.07, 6.45) is 1.29. The third kappa shape index (κ3) is 4.02. The zero-order valence-corrected chi connectivity index (χ0v) is 13.7. The standard InChI is InChI=1S/C19H15N3O4/c23-18(13-26-17-11-6-12-20-19(17)22(24)25)21-16-10-5-4-9-15(16)14-7-2-1-3-8-14/h1-12H,13H2,(H,21,23). The van der Waals surface area contributed by atoms with Crippen LogP contribution in [-0.4, -0.2) is 22.4 Å². The number of nitrogens with one attached hydrogen (secondary N) is 1. The van der Waals surface area contributed by atoms with E-state index in [2.05, 4.69) is 10.3 Å². The van der Waals surface area contributed by atoms with E-state index < -0.39 is 16.6 Å². The Hall–Kier alpha value is -3.74. The first-order valence-electron chi connectivity index (χ1n) is 7.81. The minimum absolute atomic E-state index is 0.0519. The van der Waals surface area contributed by atoms with Crippen LogP contribution in [0.5, 0.6) is 5.75 Å². The van der Waals surface area contributed by atoms with Crippen LogP contribution in [0.15, 0.2) is 72.9 Å². The molecule has 7 nitrogen and oxygen atoms in total. The van der Waals surface area contributed by atoms with Crippen LogP contribution >= 0.6 is 0 Å². The Morgan fingerprint density at radius 1 is 1.04 bits per heavy atom. The van der Waals surface area contributed by atoms with Gasteiger partial charge in [-0.1, -0.05) is 48.5 Å². The fraction of sp³-hybridized carbons (Fsp3) is 0.0526. The molecule has 1 heterocycles. The zero-order chi connectivity index (χ0) is 18.4. The summed E-state index contributed by atoms with van der Waals surface area (Å²) in [5.41, 5.74) is 2.47. The van der Waals surface area contributed by atoms with Gasteiger partial charge in [-0.2, -0.15) is 0 Å². The van der Waals surface area contributed by atoms with Crippen LogP contribution in [0.25, 0.3) is 11.1 Å².